The summed E-state index contributed by atoms with van der Waals surface area (Å²) in [6.07, 6.45) is 5.80. The molecule has 0 aromatic rings. The van der Waals surface area contributed by atoms with Crippen LogP contribution in [0.5, 0.6) is 0 Å². The van der Waals surface area contributed by atoms with E-state index in [2.05, 4.69) is 17.6 Å². The van der Waals surface area contributed by atoms with Gasteiger partial charge in [0.05, 0.1) is 11.3 Å². The lowest BCUT2D eigenvalue weighted by Gasteiger charge is -2.32. The molecule has 0 radical (unpaired) electrons. The third kappa shape index (κ3) is 3.32. The lowest BCUT2D eigenvalue weighted by Crippen LogP contribution is -2.48. The molecular formula is C15H26N2O3. The lowest BCUT2D eigenvalue weighted by atomic mass is 9.80. The highest BCUT2D eigenvalue weighted by molar-refractivity contribution is 5.83. The second kappa shape index (κ2) is 6.57. The van der Waals surface area contributed by atoms with Gasteiger partial charge in [0.2, 0.25) is 5.91 Å². The molecule has 0 spiro atoms. The monoisotopic (exact) mass is 282 g/mol. The number of aliphatic carboxylic acids is 1. The highest BCUT2D eigenvalue weighted by atomic mass is 16.4. The molecule has 1 amide bonds. The fraction of sp³-hybridized carbons (Fsp3) is 0.867. The number of amides is 1. The van der Waals surface area contributed by atoms with Crippen molar-refractivity contribution in [1.82, 2.24) is 10.6 Å². The van der Waals surface area contributed by atoms with Crippen molar-refractivity contribution in [2.75, 3.05) is 13.1 Å². The number of carbonyl (C=O) groups is 2. The first-order chi connectivity index (χ1) is 9.57. The number of rotatable bonds is 5. The molecule has 1 aliphatic heterocycles. The molecule has 2 rings (SSSR count). The number of carbonyl (C=O) groups excluding carboxylic acids is 1. The van der Waals surface area contributed by atoms with Gasteiger partial charge in [-0.15, -0.1) is 0 Å². The Hall–Kier alpha value is -1.10. The first kappa shape index (κ1) is 15.3. The molecule has 1 heterocycles. The average molecular weight is 282 g/mol. The maximum atomic E-state index is 12.6. The molecule has 0 aromatic carbocycles. The molecule has 1 saturated heterocycles. The summed E-state index contributed by atoms with van der Waals surface area (Å²) in [5, 5.41) is 15.5. The number of carboxylic acid groups (broad SMARTS) is 1. The summed E-state index contributed by atoms with van der Waals surface area (Å²) in [6.45, 7) is 3.81. The number of nitrogens with one attached hydrogen (secondary N) is 2. The fourth-order valence-corrected chi connectivity index (χ4v) is 3.57. The zero-order chi connectivity index (χ0) is 14.6. The quantitative estimate of drug-likeness (QED) is 0.714. The summed E-state index contributed by atoms with van der Waals surface area (Å²) >= 11 is 0. The van der Waals surface area contributed by atoms with Gasteiger partial charge in [0.1, 0.15) is 0 Å². The van der Waals surface area contributed by atoms with E-state index < -0.39 is 5.97 Å². The SMILES string of the molecule is CCCC1(C(=O)NC2CCC(C(=O)O)CC2)CCNC1. The molecule has 2 fully saturated rings. The molecule has 1 unspecified atom stereocenters. The molecule has 0 aromatic heterocycles. The Kier molecular flexibility index (Phi) is 5.02. The van der Waals surface area contributed by atoms with E-state index in [1.165, 1.54) is 0 Å². The number of hydrogen-bond donors (Lipinski definition) is 3. The standard InChI is InChI=1S/C15H26N2O3/c1-2-7-15(8-9-16-10-15)14(20)17-12-5-3-11(4-6-12)13(18)19/h11-12,16H,2-10H2,1H3,(H,17,20)(H,18,19). The van der Waals surface area contributed by atoms with Gasteiger partial charge < -0.3 is 15.7 Å². The van der Waals surface area contributed by atoms with Crippen molar-refractivity contribution >= 4 is 11.9 Å². The van der Waals surface area contributed by atoms with E-state index in [-0.39, 0.29) is 23.3 Å². The van der Waals surface area contributed by atoms with Crippen molar-refractivity contribution < 1.29 is 14.7 Å². The van der Waals surface area contributed by atoms with Gasteiger partial charge in [0, 0.05) is 12.6 Å². The summed E-state index contributed by atoms with van der Waals surface area (Å²) in [4.78, 5) is 23.5. The molecular weight excluding hydrogens is 256 g/mol. The molecule has 5 heteroatoms. The molecule has 1 saturated carbocycles. The van der Waals surface area contributed by atoms with E-state index >= 15 is 0 Å². The summed E-state index contributed by atoms with van der Waals surface area (Å²) in [6, 6.07) is 0.160. The lowest BCUT2D eigenvalue weighted by molar-refractivity contribution is -0.142. The van der Waals surface area contributed by atoms with Gasteiger partial charge in [-0.05, 0) is 45.1 Å². The first-order valence-electron chi connectivity index (χ1n) is 7.82. The Morgan fingerprint density at radius 3 is 2.50 bits per heavy atom. The van der Waals surface area contributed by atoms with Crippen LogP contribution in [-0.4, -0.2) is 36.1 Å². The van der Waals surface area contributed by atoms with Crippen molar-refractivity contribution in [2.45, 2.75) is 57.9 Å². The zero-order valence-electron chi connectivity index (χ0n) is 12.3. The van der Waals surface area contributed by atoms with Crippen LogP contribution in [0.1, 0.15) is 51.9 Å². The van der Waals surface area contributed by atoms with Crippen LogP contribution < -0.4 is 10.6 Å². The molecule has 20 heavy (non-hydrogen) atoms. The van der Waals surface area contributed by atoms with Crippen LogP contribution in [0, 0.1) is 11.3 Å². The van der Waals surface area contributed by atoms with Crippen molar-refractivity contribution in [3.63, 3.8) is 0 Å². The fourth-order valence-electron chi connectivity index (χ4n) is 3.57. The molecule has 1 atom stereocenters. The third-order valence-corrected chi connectivity index (χ3v) is 4.87. The van der Waals surface area contributed by atoms with E-state index in [1.807, 2.05) is 0 Å². The average Bonchev–Trinajstić information content (AvgIpc) is 2.89. The van der Waals surface area contributed by atoms with Gasteiger partial charge in [-0.1, -0.05) is 13.3 Å². The van der Waals surface area contributed by atoms with Crippen LogP contribution in [0.3, 0.4) is 0 Å². The summed E-state index contributed by atoms with van der Waals surface area (Å²) in [5.41, 5.74) is -0.238. The van der Waals surface area contributed by atoms with Crippen molar-refractivity contribution in [1.29, 1.82) is 0 Å². The molecule has 0 bridgehead atoms. The highest BCUT2D eigenvalue weighted by Crippen LogP contribution is 2.32. The van der Waals surface area contributed by atoms with E-state index in [0.717, 1.165) is 45.2 Å². The van der Waals surface area contributed by atoms with Crippen LogP contribution in [0.25, 0.3) is 0 Å². The maximum Gasteiger partial charge on any atom is 0.306 e. The van der Waals surface area contributed by atoms with Gasteiger partial charge in [-0.2, -0.15) is 0 Å². The second-order valence-corrected chi connectivity index (χ2v) is 6.32. The largest absolute Gasteiger partial charge is 0.481 e. The maximum absolute atomic E-state index is 12.6. The van der Waals surface area contributed by atoms with Crippen molar-refractivity contribution in [3.8, 4) is 0 Å². The minimum atomic E-state index is -0.697. The van der Waals surface area contributed by atoms with E-state index in [1.54, 1.807) is 0 Å². The normalized spacial score (nSPS) is 33.9. The Balaban J connectivity index is 1.87. The Morgan fingerprint density at radius 2 is 2.00 bits per heavy atom. The van der Waals surface area contributed by atoms with Gasteiger partial charge in [0.15, 0.2) is 0 Å². The van der Waals surface area contributed by atoms with Crippen LogP contribution in [0.4, 0.5) is 0 Å². The molecule has 114 valence electrons. The molecule has 5 nitrogen and oxygen atoms in total. The predicted octanol–water partition coefficient (Wildman–Crippen LogP) is 1.53. The van der Waals surface area contributed by atoms with Gasteiger partial charge in [-0.3, -0.25) is 9.59 Å². The van der Waals surface area contributed by atoms with Crippen LogP contribution >= 0.6 is 0 Å². The zero-order valence-corrected chi connectivity index (χ0v) is 12.3. The highest BCUT2D eigenvalue weighted by Gasteiger charge is 2.41. The molecule has 1 aliphatic carbocycles. The first-order valence-corrected chi connectivity index (χ1v) is 7.82. The van der Waals surface area contributed by atoms with Crippen LogP contribution in [0.15, 0.2) is 0 Å². The van der Waals surface area contributed by atoms with Crippen molar-refractivity contribution in [2.24, 2.45) is 11.3 Å². The van der Waals surface area contributed by atoms with E-state index in [0.29, 0.717) is 12.8 Å². The summed E-state index contributed by atoms with van der Waals surface area (Å²) < 4.78 is 0. The molecule has 3 N–H and O–H groups in total. The Morgan fingerprint density at radius 1 is 1.30 bits per heavy atom. The topological polar surface area (TPSA) is 78.4 Å². The van der Waals surface area contributed by atoms with E-state index in [4.69, 9.17) is 5.11 Å². The third-order valence-electron chi connectivity index (χ3n) is 4.87. The number of hydrogen-bond acceptors (Lipinski definition) is 3. The Labute approximate surface area is 120 Å². The summed E-state index contributed by atoms with van der Waals surface area (Å²) in [7, 11) is 0. The van der Waals surface area contributed by atoms with Gasteiger partial charge in [-0.25, -0.2) is 0 Å². The van der Waals surface area contributed by atoms with Crippen LogP contribution in [-0.2, 0) is 9.59 Å². The van der Waals surface area contributed by atoms with E-state index in [9.17, 15) is 9.59 Å². The van der Waals surface area contributed by atoms with Gasteiger partial charge in [0.25, 0.3) is 0 Å². The summed E-state index contributed by atoms with van der Waals surface area (Å²) in [5.74, 6) is -0.749. The minimum absolute atomic E-state index is 0.160. The van der Waals surface area contributed by atoms with Gasteiger partial charge >= 0.3 is 5.97 Å². The smallest absolute Gasteiger partial charge is 0.306 e. The minimum Gasteiger partial charge on any atom is -0.481 e. The predicted molar refractivity (Wildman–Crippen MR) is 76.4 cm³/mol. The Bertz CT molecular complexity index is 356. The van der Waals surface area contributed by atoms with Crippen molar-refractivity contribution in [3.05, 3.63) is 0 Å². The van der Waals surface area contributed by atoms with Crippen LogP contribution in [0.2, 0.25) is 0 Å². The number of carboxylic acids is 1. The second-order valence-electron chi connectivity index (χ2n) is 6.32. The molecule has 2 aliphatic rings.